The number of benzene rings is 2. The predicted octanol–water partition coefficient (Wildman–Crippen LogP) is 2.32. The maximum absolute atomic E-state index is 12.0. The Balaban J connectivity index is 2.13. The Morgan fingerprint density at radius 2 is 1.65 bits per heavy atom. The van der Waals surface area contributed by atoms with Gasteiger partial charge in [0.15, 0.2) is 5.78 Å². The van der Waals surface area contributed by atoms with Crippen LogP contribution in [0.1, 0.15) is 23.7 Å². The van der Waals surface area contributed by atoms with Crippen LogP contribution in [0, 0.1) is 0 Å². The third-order valence-electron chi connectivity index (χ3n) is 2.86. The van der Waals surface area contributed by atoms with Gasteiger partial charge in [-0.05, 0) is 24.1 Å². The Hall–Kier alpha value is -2.69. The fraction of sp³-hybridized carbons (Fsp3) is 0.133. The molecule has 0 atom stereocenters. The first-order valence-electron chi connectivity index (χ1n) is 6.45. The normalized spacial score (nSPS) is 11.1. The van der Waals surface area contributed by atoms with Crippen LogP contribution in [-0.4, -0.2) is 26.2 Å². The van der Waals surface area contributed by atoms with Gasteiger partial charge < -0.3 is 20.4 Å². The van der Waals surface area contributed by atoms with Crippen LogP contribution in [0.15, 0.2) is 36.4 Å². The van der Waals surface area contributed by atoms with E-state index in [-0.39, 0.29) is 29.5 Å². The Morgan fingerprint density at radius 1 is 1.00 bits per heavy atom. The van der Waals surface area contributed by atoms with Gasteiger partial charge in [0.2, 0.25) is 0 Å². The molecule has 5 heteroatoms. The minimum absolute atomic E-state index is 0.0100. The van der Waals surface area contributed by atoms with Crippen LogP contribution in [-0.2, 0) is 6.42 Å². The van der Waals surface area contributed by atoms with Crippen molar-refractivity contribution in [3.05, 3.63) is 47.5 Å². The molecule has 0 heterocycles. The Labute approximate surface area is 116 Å². The van der Waals surface area contributed by atoms with Gasteiger partial charge in [0.05, 0.1) is 1.37 Å². The van der Waals surface area contributed by atoms with Crippen LogP contribution >= 0.6 is 0 Å². The zero-order chi connectivity index (χ0) is 15.6. The molecule has 0 amide bonds. The van der Waals surface area contributed by atoms with Crippen LogP contribution in [0.3, 0.4) is 0 Å². The van der Waals surface area contributed by atoms with Crippen molar-refractivity contribution in [1.82, 2.24) is 0 Å². The van der Waals surface area contributed by atoms with Gasteiger partial charge in [-0.1, -0.05) is 12.1 Å². The molecule has 0 aliphatic carbocycles. The van der Waals surface area contributed by atoms with Crippen LogP contribution in [0.2, 0.25) is 0 Å². The van der Waals surface area contributed by atoms with Gasteiger partial charge in [0, 0.05) is 18.6 Å². The molecule has 0 saturated heterocycles. The zero-order valence-electron chi connectivity index (χ0n) is 11.5. The lowest BCUT2D eigenvalue weighted by molar-refractivity contribution is 0.0977. The predicted molar refractivity (Wildman–Crippen MR) is 72.2 cm³/mol. The molecule has 0 saturated carbocycles. The lowest BCUT2D eigenvalue weighted by Gasteiger charge is -2.07. The third kappa shape index (κ3) is 3.00. The Kier molecular flexibility index (Phi) is 3.41. The number of hydrogen-bond donors (Lipinski definition) is 4. The molecule has 2 aromatic carbocycles. The van der Waals surface area contributed by atoms with Gasteiger partial charge >= 0.3 is 0 Å². The number of rotatable bonds is 4. The monoisotopic (exact) mass is 275 g/mol. The number of hydrogen-bond acceptors (Lipinski definition) is 5. The fourth-order valence-electron chi connectivity index (χ4n) is 1.87. The van der Waals surface area contributed by atoms with E-state index in [9.17, 15) is 25.2 Å². The lowest BCUT2D eigenvalue weighted by Crippen LogP contribution is -2.02. The highest BCUT2D eigenvalue weighted by atomic mass is 16.3. The van der Waals surface area contributed by atoms with E-state index >= 15 is 0 Å². The summed E-state index contributed by atoms with van der Waals surface area (Å²) < 4.78 is 7.46. The van der Waals surface area contributed by atoms with E-state index in [1.807, 2.05) is 0 Å². The first-order chi connectivity index (χ1) is 9.88. The van der Waals surface area contributed by atoms with Gasteiger partial charge in [-0.25, -0.2) is 0 Å². The molecule has 4 N–H and O–H groups in total. The molecule has 0 aromatic heterocycles. The molecule has 0 spiro atoms. The van der Waals surface area contributed by atoms with E-state index in [2.05, 4.69) is 0 Å². The van der Waals surface area contributed by atoms with Gasteiger partial charge in [-0.2, -0.15) is 0 Å². The zero-order valence-corrected chi connectivity index (χ0v) is 10.5. The topological polar surface area (TPSA) is 98.0 Å². The van der Waals surface area contributed by atoms with Crippen molar-refractivity contribution < 1.29 is 26.6 Å². The summed E-state index contributed by atoms with van der Waals surface area (Å²) in [5.74, 6) is -1.92. The molecule has 5 nitrogen and oxygen atoms in total. The number of carbonyl (C=O) groups excluding carboxylic acids is 1. The number of aromatic hydroxyl groups is 4. The smallest absolute Gasteiger partial charge is 0.170 e. The van der Waals surface area contributed by atoms with Crippen LogP contribution < -0.4 is 0 Å². The van der Waals surface area contributed by atoms with E-state index in [4.69, 9.17) is 1.37 Å². The molecule has 0 aliphatic rings. The maximum Gasteiger partial charge on any atom is 0.170 e. The van der Waals surface area contributed by atoms with Gasteiger partial charge in [0.25, 0.3) is 0 Å². The maximum atomic E-state index is 12.0. The standard InChI is InChI=1S/C15H14O5/c16-10-4-1-9(2-5-10)3-6-12(18)15-13(19)7-11(17)8-14(15)20/h1-2,4-5,7-8,16-17,19-20H,3,6H2/i4D. The third-order valence-corrected chi connectivity index (χ3v) is 2.86. The molecule has 20 heavy (non-hydrogen) atoms. The molecular formula is C15H14O5. The van der Waals surface area contributed by atoms with Crippen molar-refractivity contribution in [2.24, 2.45) is 0 Å². The first-order valence-corrected chi connectivity index (χ1v) is 5.95. The fourth-order valence-corrected chi connectivity index (χ4v) is 1.87. The molecule has 0 aliphatic heterocycles. The average Bonchev–Trinajstić information content (AvgIpc) is 2.39. The molecule has 104 valence electrons. The minimum Gasteiger partial charge on any atom is -0.508 e. The number of Topliss-reactive ketones (excluding diaryl/α,β-unsaturated/α-hetero) is 1. The van der Waals surface area contributed by atoms with E-state index in [0.29, 0.717) is 12.0 Å². The van der Waals surface area contributed by atoms with Crippen LogP contribution in [0.25, 0.3) is 0 Å². The molecule has 0 unspecified atom stereocenters. The summed E-state index contributed by atoms with van der Waals surface area (Å²) in [5.41, 5.74) is 0.446. The molecular weight excluding hydrogens is 260 g/mol. The second-order valence-electron chi connectivity index (χ2n) is 4.36. The van der Waals surface area contributed by atoms with Crippen molar-refractivity contribution in [2.75, 3.05) is 0 Å². The Bertz CT molecular complexity index is 673. The van der Waals surface area contributed by atoms with Crippen LogP contribution in [0.4, 0.5) is 0 Å². The average molecular weight is 275 g/mol. The highest BCUT2D eigenvalue weighted by molar-refractivity contribution is 6.01. The summed E-state index contributed by atoms with van der Waals surface area (Å²) in [7, 11) is 0. The summed E-state index contributed by atoms with van der Waals surface area (Å²) in [6.45, 7) is 0. The molecule has 2 aromatic rings. The summed E-state index contributed by atoms with van der Waals surface area (Å²) in [4.78, 5) is 12.0. The van der Waals surface area contributed by atoms with Crippen molar-refractivity contribution >= 4 is 5.78 Å². The first kappa shape index (κ1) is 12.3. The number of phenolic OH excluding ortho intramolecular Hbond substituents is 4. The number of ketones is 1. The number of carbonyl (C=O) groups is 1. The largest absolute Gasteiger partial charge is 0.508 e. The van der Waals surface area contributed by atoms with Gasteiger partial charge in [-0.3, -0.25) is 4.79 Å². The lowest BCUT2D eigenvalue weighted by atomic mass is 10.0. The summed E-state index contributed by atoms with van der Waals surface area (Å²) in [5, 5.41) is 37.7. The van der Waals surface area contributed by atoms with Gasteiger partial charge in [-0.15, -0.1) is 0 Å². The summed E-state index contributed by atoms with van der Waals surface area (Å²) in [6.07, 6.45) is 0.306. The van der Waals surface area contributed by atoms with Crippen molar-refractivity contribution in [3.63, 3.8) is 0 Å². The van der Waals surface area contributed by atoms with Crippen molar-refractivity contribution in [1.29, 1.82) is 0 Å². The second kappa shape index (κ2) is 5.52. The summed E-state index contributed by atoms with van der Waals surface area (Å²) >= 11 is 0. The second-order valence-corrected chi connectivity index (χ2v) is 4.36. The van der Waals surface area contributed by atoms with E-state index in [1.165, 1.54) is 12.1 Å². The van der Waals surface area contributed by atoms with Crippen molar-refractivity contribution in [2.45, 2.75) is 12.8 Å². The molecule has 0 fully saturated rings. The number of phenols is 4. The highest BCUT2D eigenvalue weighted by Crippen LogP contribution is 2.33. The van der Waals surface area contributed by atoms with E-state index < -0.39 is 17.3 Å². The summed E-state index contributed by atoms with van der Waals surface area (Å²) in [6, 6.07) is 6.34. The minimum atomic E-state index is -0.482. The molecule has 2 rings (SSSR count). The van der Waals surface area contributed by atoms with E-state index in [0.717, 1.165) is 12.1 Å². The van der Waals surface area contributed by atoms with E-state index in [1.54, 1.807) is 6.07 Å². The number of aryl methyl sites for hydroxylation is 1. The molecule has 0 radical (unpaired) electrons. The van der Waals surface area contributed by atoms with Gasteiger partial charge in [0.1, 0.15) is 28.6 Å². The SMILES string of the molecule is [2H]c1cc(CCC(=O)c2c(O)cc(O)cc2O)ccc1O. The quantitative estimate of drug-likeness (QED) is 0.642. The van der Waals surface area contributed by atoms with Crippen LogP contribution in [0.5, 0.6) is 23.0 Å². The Morgan fingerprint density at radius 3 is 2.25 bits per heavy atom. The highest BCUT2D eigenvalue weighted by Gasteiger charge is 2.17. The molecule has 0 bridgehead atoms. The van der Waals surface area contributed by atoms with Crippen molar-refractivity contribution in [3.8, 4) is 23.0 Å².